The average molecular weight is 688 g/mol. The van der Waals surface area contributed by atoms with Crippen LogP contribution in [0.2, 0.25) is 10.0 Å². The van der Waals surface area contributed by atoms with E-state index in [9.17, 15) is 31.1 Å². The third-order valence-electron chi connectivity index (χ3n) is 5.64. The Kier molecular flexibility index (Phi) is 9.58. The van der Waals surface area contributed by atoms with Crippen molar-refractivity contribution in [3.8, 4) is 0 Å². The van der Waals surface area contributed by atoms with E-state index in [0.29, 0.717) is 19.4 Å². The lowest BCUT2D eigenvalue weighted by Gasteiger charge is -2.28. The van der Waals surface area contributed by atoms with Crippen LogP contribution in [-0.2, 0) is 30.0 Å². The van der Waals surface area contributed by atoms with Gasteiger partial charge in [0.2, 0.25) is 0 Å². The van der Waals surface area contributed by atoms with Crippen molar-refractivity contribution in [2.75, 3.05) is 5.32 Å². The van der Waals surface area contributed by atoms with E-state index in [1.807, 2.05) is 0 Å². The fraction of sp³-hybridized carbons (Fsp3) is 0.259. The minimum atomic E-state index is -4.57. The Bertz CT molecular complexity index is 1290. The normalized spacial score (nSPS) is 13.2. The quantitative estimate of drug-likeness (QED) is 0.145. The number of anilines is 1. The highest BCUT2D eigenvalue weighted by atomic mass is 127. The van der Waals surface area contributed by atoms with Crippen molar-refractivity contribution in [1.29, 1.82) is 0 Å². The molecule has 38 heavy (non-hydrogen) atoms. The molecule has 0 fully saturated rings. The van der Waals surface area contributed by atoms with E-state index >= 15 is 0 Å². The Morgan fingerprint density at radius 2 is 1.29 bits per heavy atom. The van der Waals surface area contributed by atoms with Crippen molar-refractivity contribution < 1.29 is 31.1 Å². The van der Waals surface area contributed by atoms with E-state index in [4.69, 9.17) is 23.2 Å². The van der Waals surface area contributed by atoms with Crippen LogP contribution in [0.1, 0.15) is 36.1 Å². The van der Waals surface area contributed by atoms with Crippen LogP contribution in [0.25, 0.3) is 0 Å². The number of halogens is 9. The Morgan fingerprint density at radius 1 is 0.789 bits per heavy atom. The molecule has 0 amide bonds. The first-order valence-corrected chi connectivity index (χ1v) is 14.1. The molecule has 3 rings (SSSR count). The van der Waals surface area contributed by atoms with Crippen LogP contribution in [-0.4, -0.2) is 7.42 Å². The fourth-order valence-corrected chi connectivity index (χ4v) is 6.37. The van der Waals surface area contributed by atoms with Gasteiger partial charge in [-0.25, -0.2) is 0 Å². The summed E-state index contributed by atoms with van der Waals surface area (Å²) in [5.74, 6) is 0. The van der Waals surface area contributed by atoms with Crippen LogP contribution < -0.4 is 5.32 Å². The lowest BCUT2D eigenvalue weighted by molar-refractivity contribution is -0.138. The summed E-state index contributed by atoms with van der Waals surface area (Å²) in [6.45, 7) is 3.30. The molecule has 0 saturated carbocycles. The Balaban J connectivity index is 1.97. The number of carbonyl (C=O) groups excluding carboxylic acids is 1. The zero-order valence-corrected chi connectivity index (χ0v) is 23.7. The number of benzene rings is 3. The maximum Gasteiger partial charge on any atom is 0.416 e. The summed E-state index contributed by atoms with van der Waals surface area (Å²) in [7, 11) is 0. The van der Waals surface area contributed by atoms with Gasteiger partial charge in [-0.15, -0.1) is 0 Å². The molecule has 0 atom stereocenters. The van der Waals surface area contributed by atoms with Crippen molar-refractivity contribution in [2.24, 2.45) is 5.41 Å². The molecule has 0 aromatic heterocycles. The number of rotatable bonds is 8. The average Bonchev–Trinajstić information content (AvgIpc) is 2.80. The number of hydrogen-bond acceptors (Lipinski definition) is 2. The first kappa shape index (κ1) is 30.4. The maximum atomic E-state index is 13.7. The highest BCUT2D eigenvalue weighted by Gasteiger charge is 2.36. The molecule has 0 bridgehead atoms. The van der Waals surface area contributed by atoms with Gasteiger partial charge in [-0.1, -0.05) is 66.5 Å². The fourth-order valence-electron chi connectivity index (χ4n) is 3.86. The molecule has 204 valence electrons. The summed E-state index contributed by atoms with van der Waals surface area (Å²) in [6, 6.07) is 14.1. The van der Waals surface area contributed by atoms with Crippen LogP contribution >= 0.6 is 43.9 Å². The number of hydrogen-bond donors (Lipinski definition) is 1. The molecule has 2 nitrogen and oxygen atoms in total. The molecule has 0 saturated heterocycles. The summed E-state index contributed by atoms with van der Waals surface area (Å²) in [4.78, 5) is 13.7. The second kappa shape index (κ2) is 12.0. The lowest BCUT2D eigenvalue weighted by atomic mass is 9.79. The predicted molar refractivity (Wildman–Crippen MR) is 148 cm³/mol. The van der Waals surface area contributed by atoms with Crippen LogP contribution in [0.5, 0.6) is 0 Å². The lowest BCUT2D eigenvalue weighted by Crippen LogP contribution is -2.30. The molecule has 3 aromatic carbocycles. The van der Waals surface area contributed by atoms with Gasteiger partial charge in [-0.2, -0.15) is 26.3 Å². The summed E-state index contributed by atoms with van der Waals surface area (Å²) >= 11 is 10.6. The Hall–Kier alpha value is -2.11. The van der Waals surface area contributed by atoms with Crippen LogP contribution in [0.4, 0.5) is 32.0 Å². The smallest absolute Gasteiger partial charge is 0.354 e. The Labute approximate surface area is 236 Å². The van der Waals surface area contributed by atoms with Gasteiger partial charge in [0.25, 0.3) is 0 Å². The SMILES string of the molecule is CC(Nc1ccc(Cl)c(Cl)c1)=IC(=O)C(C)(Cc1cccc(C(F)(F)F)c1)Cc1cccc(C(F)(F)F)c1. The molecule has 11 heteroatoms. The molecular weight excluding hydrogens is 666 g/mol. The summed E-state index contributed by atoms with van der Waals surface area (Å²) in [6.07, 6.45) is -9.30. The zero-order chi connectivity index (χ0) is 28.3. The number of alkyl halides is 6. The first-order valence-electron chi connectivity index (χ1n) is 11.1. The van der Waals surface area contributed by atoms with E-state index in [1.165, 1.54) is 24.3 Å². The van der Waals surface area contributed by atoms with Gasteiger partial charge in [0.05, 0.1) is 21.2 Å². The van der Waals surface area contributed by atoms with Crippen molar-refractivity contribution in [3.63, 3.8) is 0 Å². The predicted octanol–water partition coefficient (Wildman–Crippen LogP) is 9.58. The second-order valence-electron chi connectivity index (χ2n) is 8.97. The number of carbonyl (C=O) groups is 1. The monoisotopic (exact) mass is 687 g/mol. The molecule has 0 heterocycles. The summed E-state index contributed by atoms with van der Waals surface area (Å²) in [5, 5.41) is 3.77. The van der Waals surface area contributed by atoms with Gasteiger partial charge in [0.1, 0.15) is 0 Å². The zero-order valence-electron chi connectivity index (χ0n) is 20.1. The largest absolute Gasteiger partial charge is 0.416 e. The van der Waals surface area contributed by atoms with Crippen molar-refractivity contribution in [2.45, 2.75) is 39.0 Å². The van der Waals surface area contributed by atoms with E-state index < -0.39 is 49.6 Å². The molecule has 0 aliphatic rings. The van der Waals surface area contributed by atoms with Crippen LogP contribution in [0.3, 0.4) is 0 Å². The van der Waals surface area contributed by atoms with E-state index in [0.717, 1.165) is 24.3 Å². The van der Waals surface area contributed by atoms with Gasteiger partial charge in [-0.05, 0) is 82.0 Å². The van der Waals surface area contributed by atoms with E-state index in [1.54, 1.807) is 32.0 Å². The van der Waals surface area contributed by atoms with Crippen LogP contribution in [0.15, 0.2) is 66.7 Å². The van der Waals surface area contributed by atoms with E-state index in [2.05, 4.69) is 5.32 Å². The molecular formula is C27H22Cl2F6INO. The maximum absolute atomic E-state index is 13.7. The molecule has 0 aliphatic heterocycles. The van der Waals surface area contributed by atoms with Gasteiger partial charge < -0.3 is 5.32 Å². The van der Waals surface area contributed by atoms with Gasteiger partial charge in [0, 0.05) is 14.7 Å². The number of nitrogens with one attached hydrogen (secondary N) is 1. The highest BCUT2D eigenvalue weighted by Crippen LogP contribution is 2.37. The third kappa shape index (κ3) is 8.19. The molecule has 0 spiro atoms. The summed E-state index contributed by atoms with van der Waals surface area (Å²) < 4.78 is 80.2. The van der Waals surface area contributed by atoms with Crippen molar-refractivity contribution >= 4 is 57.0 Å². The molecule has 0 radical (unpaired) electrons. The van der Waals surface area contributed by atoms with Crippen molar-refractivity contribution in [3.05, 3.63) is 99.0 Å². The highest BCUT2D eigenvalue weighted by molar-refractivity contribution is 14.2. The Morgan fingerprint density at radius 3 is 1.74 bits per heavy atom. The van der Waals surface area contributed by atoms with Gasteiger partial charge in [-0.3, -0.25) is 4.79 Å². The molecule has 0 aliphatic carbocycles. The topological polar surface area (TPSA) is 29.1 Å². The minimum absolute atomic E-state index is 0.0776. The summed E-state index contributed by atoms with van der Waals surface area (Å²) in [5.41, 5.74) is -1.85. The first-order chi connectivity index (χ1) is 17.6. The molecule has 0 unspecified atom stereocenters. The molecule has 1 N–H and O–H groups in total. The second-order valence-corrected chi connectivity index (χ2v) is 12.9. The minimum Gasteiger partial charge on any atom is -0.354 e. The third-order valence-corrected chi connectivity index (χ3v) is 9.25. The van der Waals surface area contributed by atoms with Crippen LogP contribution in [0, 0.1) is 5.41 Å². The van der Waals surface area contributed by atoms with Crippen molar-refractivity contribution in [1.82, 2.24) is 0 Å². The molecule has 3 aromatic rings. The van der Waals surface area contributed by atoms with Gasteiger partial charge in [0.15, 0.2) is 3.79 Å². The van der Waals surface area contributed by atoms with Gasteiger partial charge >= 0.3 is 12.4 Å². The van der Waals surface area contributed by atoms with E-state index in [-0.39, 0.29) is 27.8 Å². The standard InChI is InChI=1S/C27H22Cl2F6INO/c1-16(37-21-9-10-22(28)23(29)13-21)36-24(38)25(2,14-17-5-3-7-19(11-17)26(30,31)32)15-18-6-4-8-20(12-18)27(33,34)35/h3-13,37H,14-15H2,1-2H3.